The number of carbonyl (C=O) groups is 2. The lowest BCUT2D eigenvalue weighted by Crippen LogP contribution is -2.49. The molecule has 2 amide bonds. The van der Waals surface area contributed by atoms with Gasteiger partial charge in [-0.15, -0.1) is 0 Å². The number of nitrogens with zero attached hydrogens (tertiary/aromatic N) is 1. The minimum Gasteiger partial charge on any atom is -0.350 e. The van der Waals surface area contributed by atoms with Crippen molar-refractivity contribution in [1.29, 1.82) is 0 Å². The molecule has 2 N–H and O–H groups in total. The molecular weight excluding hydrogens is 350 g/mol. The van der Waals surface area contributed by atoms with Crippen LogP contribution in [0.2, 0.25) is 5.02 Å². The monoisotopic (exact) mass is 369 g/mol. The summed E-state index contributed by atoms with van der Waals surface area (Å²) in [5.41, 5.74) is 6.19. The summed E-state index contributed by atoms with van der Waals surface area (Å²) in [6.07, 6.45) is 2.50. The van der Waals surface area contributed by atoms with Crippen molar-refractivity contribution < 1.29 is 9.59 Å². The lowest BCUT2D eigenvalue weighted by Gasteiger charge is -2.28. The number of halogens is 1. The summed E-state index contributed by atoms with van der Waals surface area (Å²) < 4.78 is 0. The van der Waals surface area contributed by atoms with Crippen molar-refractivity contribution in [3.8, 4) is 0 Å². The quantitative estimate of drug-likeness (QED) is 0.851. The molecule has 0 bridgehead atoms. The molecule has 3 rings (SSSR count). The van der Waals surface area contributed by atoms with E-state index in [-0.39, 0.29) is 18.2 Å². The van der Waals surface area contributed by atoms with E-state index in [1.54, 1.807) is 6.08 Å². The van der Waals surface area contributed by atoms with Crippen LogP contribution in [0.5, 0.6) is 0 Å². The van der Waals surface area contributed by atoms with Gasteiger partial charge in [0.15, 0.2) is 0 Å². The van der Waals surface area contributed by atoms with Gasteiger partial charge >= 0.3 is 0 Å². The summed E-state index contributed by atoms with van der Waals surface area (Å²) in [5, 5.41) is 4.97. The number of nitrogens with one attached hydrogen (secondary N) is 2. The summed E-state index contributed by atoms with van der Waals surface area (Å²) in [7, 11) is 0. The van der Waals surface area contributed by atoms with Gasteiger partial charge in [0.05, 0.1) is 5.69 Å². The zero-order valence-electron chi connectivity index (χ0n) is 14.5. The first-order chi connectivity index (χ1) is 12.5. The minimum atomic E-state index is -0.233. The molecule has 0 spiro atoms. The zero-order valence-corrected chi connectivity index (χ0v) is 15.2. The summed E-state index contributed by atoms with van der Waals surface area (Å²) >= 11 is 5.86. The first-order valence-electron chi connectivity index (χ1n) is 8.42. The second-order valence-corrected chi connectivity index (χ2v) is 6.57. The molecule has 1 aliphatic heterocycles. The van der Waals surface area contributed by atoms with E-state index in [1.807, 2.05) is 55.5 Å². The summed E-state index contributed by atoms with van der Waals surface area (Å²) in [6.45, 7) is 2.48. The summed E-state index contributed by atoms with van der Waals surface area (Å²) in [6, 6.07) is 15.1. The normalized spacial score (nSPS) is 13.8. The van der Waals surface area contributed by atoms with Gasteiger partial charge < -0.3 is 5.32 Å². The fourth-order valence-electron chi connectivity index (χ4n) is 2.62. The Morgan fingerprint density at radius 2 is 1.85 bits per heavy atom. The second kappa shape index (κ2) is 8.06. The van der Waals surface area contributed by atoms with Crippen LogP contribution in [0.3, 0.4) is 0 Å². The highest BCUT2D eigenvalue weighted by molar-refractivity contribution is 6.30. The molecule has 2 aromatic carbocycles. The number of rotatable bonds is 5. The van der Waals surface area contributed by atoms with Crippen LogP contribution in [0.4, 0.5) is 5.69 Å². The Bertz CT molecular complexity index is 829. The van der Waals surface area contributed by atoms with Crippen molar-refractivity contribution in [1.82, 2.24) is 10.7 Å². The minimum absolute atomic E-state index is 0.105. The van der Waals surface area contributed by atoms with Crippen molar-refractivity contribution in [3.63, 3.8) is 0 Å². The predicted molar refractivity (Wildman–Crippen MR) is 103 cm³/mol. The van der Waals surface area contributed by atoms with Crippen molar-refractivity contribution in [3.05, 3.63) is 76.5 Å². The van der Waals surface area contributed by atoms with Gasteiger partial charge in [-0.3, -0.25) is 15.0 Å². The molecule has 0 unspecified atom stereocenters. The molecule has 134 valence electrons. The van der Waals surface area contributed by atoms with Crippen LogP contribution in [0.15, 0.2) is 60.3 Å². The van der Waals surface area contributed by atoms with E-state index >= 15 is 0 Å². The number of hydrazine groups is 1. The standard InChI is InChI=1S/C20H20ClN3O2/c1-14-2-8-17(9-3-14)24-19(25)11-10-18(23-24)20(26)22-13-12-15-4-6-16(21)7-5-15/h2-10,23H,11-13H2,1H3,(H,22,26). The van der Waals surface area contributed by atoms with Gasteiger partial charge in [0.2, 0.25) is 5.91 Å². The lowest BCUT2D eigenvalue weighted by atomic mass is 10.1. The SMILES string of the molecule is Cc1ccc(N2NC(C(=O)NCCc3ccc(Cl)cc3)=CCC2=O)cc1. The first-order valence-corrected chi connectivity index (χ1v) is 8.80. The van der Waals surface area contributed by atoms with Crippen molar-refractivity contribution >= 4 is 29.1 Å². The maximum Gasteiger partial charge on any atom is 0.268 e. The number of aryl methyl sites for hydroxylation is 1. The summed E-state index contributed by atoms with van der Waals surface area (Å²) in [5.74, 6) is -0.338. The van der Waals surface area contributed by atoms with Gasteiger partial charge in [-0.25, -0.2) is 5.01 Å². The van der Waals surface area contributed by atoms with Crippen LogP contribution < -0.4 is 15.8 Å². The molecule has 0 aliphatic carbocycles. The molecule has 5 nitrogen and oxygen atoms in total. The Kier molecular flexibility index (Phi) is 5.58. The molecule has 1 heterocycles. The number of hydrogen-bond donors (Lipinski definition) is 2. The maximum absolute atomic E-state index is 12.4. The maximum atomic E-state index is 12.4. The molecule has 1 aliphatic rings. The number of hydrogen-bond acceptors (Lipinski definition) is 3. The molecular formula is C20H20ClN3O2. The van der Waals surface area contributed by atoms with E-state index < -0.39 is 0 Å². The number of amides is 2. The third-order valence-corrected chi connectivity index (χ3v) is 4.36. The molecule has 0 aromatic heterocycles. The summed E-state index contributed by atoms with van der Waals surface area (Å²) in [4.78, 5) is 24.5. The number of anilines is 1. The van der Waals surface area contributed by atoms with Crippen molar-refractivity contribution in [2.75, 3.05) is 11.6 Å². The number of carbonyl (C=O) groups excluding carboxylic acids is 2. The Hall–Kier alpha value is -2.79. The zero-order chi connectivity index (χ0) is 18.5. The van der Waals surface area contributed by atoms with Crippen LogP contribution in [-0.4, -0.2) is 18.4 Å². The van der Waals surface area contributed by atoms with Crippen molar-refractivity contribution in [2.45, 2.75) is 19.8 Å². The average molecular weight is 370 g/mol. The Morgan fingerprint density at radius 1 is 1.15 bits per heavy atom. The molecule has 2 aromatic rings. The van der Waals surface area contributed by atoms with Gasteiger partial charge in [-0.2, -0.15) is 0 Å². The molecule has 6 heteroatoms. The molecule has 0 atom stereocenters. The van der Waals surface area contributed by atoms with E-state index in [9.17, 15) is 9.59 Å². The van der Waals surface area contributed by atoms with Crippen LogP contribution in [0.1, 0.15) is 17.5 Å². The van der Waals surface area contributed by atoms with Crippen LogP contribution in [0.25, 0.3) is 0 Å². The van der Waals surface area contributed by atoms with Crippen LogP contribution in [0, 0.1) is 6.92 Å². The largest absolute Gasteiger partial charge is 0.350 e. The third kappa shape index (κ3) is 4.43. The average Bonchev–Trinajstić information content (AvgIpc) is 2.64. The van der Waals surface area contributed by atoms with Crippen LogP contribution >= 0.6 is 11.6 Å². The fraction of sp³-hybridized carbons (Fsp3) is 0.200. The molecule has 0 radical (unpaired) electrons. The molecule has 26 heavy (non-hydrogen) atoms. The van der Waals surface area contributed by atoms with E-state index in [0.717, 1.165) is 11.1 Å². The Labute approximate surface area is 157 Å². The van der Waals surface area contributed by atoms with Gasteiger partial charge in [-0.1, -0.05) is 41.4 Å². The molecule has 0 fully saturated rings. The van der Waals surface area contributed by atoms with Crippen molar-refractivity contribution in [2.24, 2.45) is 0 Å². The topological polar surface area (TPSA) is 61.4 Å². The van der Waals surface area contributed by atoms with Gasteiger partial charge in [0.1, 0.15) is 5.70 Å². The molecule has 0 saturated carbocycles. The first kappa shape index (κ1) is 18.0. The van der Waals surface area contributed by atoms with Gasteiger partial charge in [0.25, 0.3) is 5.91 Å². The Balaban J connectivity index is 1.58. The smallest absolute Gasteiger partial charge is 0.268 e. The second-order valence-electron chi connectivity index (χ2n) is 6.13. The van der Waals surface area contributed by atoms with E-state index in [0.29, 0.717) is 29.4 Å². The highest BCUT2D eigenvalue weighted by atomic mass is 35.5. The van der Waals surface area contributed by atoms with E-state index in [1.165, 1.54) is 5.01 Å². The fourth-order valence-corrected chi connectivity index (χ4v) is 2.75. The predicted octanol–water partition coefficient (Wildman–Crippen LogP) is 3.13. The van der Waals surface area contributed by atoms with E-state index in [4.69, 9.17) is 11.6 Å². The third-order valence-electron chi connectivity index (χ3n) is 4.11. The number of benzene rings is 2. The lowest BCUT2D eigenvalue weighted by molar-refractivity contribution is -0.120. The Morgan fingerprint density at radius 3 is 2.54 bits per heavy atom. The van der Waals surface area contributed by atoms with Gasteiger partial charge in [0, 0.05) is 18.0 Å². The van der Waals surface area contributed by atoms with Gasteiger partial charge in [-0.05, 0) is 49.2 Å². The highest BCUT2D eigenvalue weighted by Crippen LogP contribution is 2.18. The van der Waals surface area contributed by atoms with Crippen LogP contribution in [-0.2, 0) is 16.0 Å². The molecule has 0 saturated heterocycles. The highest BCUT2D eigenvalue weighted by Gasteiger charge is 2.23. The van der Waals surface area contributed by atoms with E-state index in [2.05, 4.69) is 10.7 Å².